The summed E-state index contributed by atoms with van der Waals surface area (Å²) in [6.07, 6.45) is 1.49. The van der Waals surface area contributed by atoms with Crippen molar-refractivity contribution >= 4 is 34.9 Å². The van der Waals surface area contributed by atoms with E-state index >= 15 is 0 Å². The zero-order valence-electron chi connectivity index (χ0n) is 17.3. The number of benzene rings is 2. The molecular weight excluding hydrogens is 435 g/mol. The number of aryl methyl sites for hydroxylation is 1. The molecule has 31 heavy (non-hydrogen) atoms. The zero-order chi connectivity index (χ0) is 22.0. The van der Waals surface area contributed by atoms with Crippen molar-refractivity contribution in [2.24, 2.45) is 0 Å². The van der Waals surface area contributed by atoms with Crippen molar-refractivity contribution in [2.45, 2.75) is 19.9 Å². The average Bonchev–Trinajstić information content (AvgIpc) is 2.76. The second kappa shape index (κ2) is 9.12. The highest BCUT2D eigenvalue weighted by molar-refractivity contribution is 6.33. The van der Waals surface area contributed by atoms with Gasteiger partial charge in [0.1, 0.15) is 17.9 Å². The standard InChI is InChI=1S/C23H22Cl2N4O2/c1-15-11-17(7-8-19(15)24)31-22-12-21(26-14-27-22)28-9-10-29(16(2)13-28)23(30)18-5-3-4-6-20(18)25/h3-8,11-12,14,16H,9-10,13H2,1-2H3/t16-/m0/s1. The highest BCUT2D eigenvalue weighted by Gasteiger charge is 2.29. The normalized spacial score (nSPS) is 16.3. The lowest BCUT2D eigenvalue weighted by Crippen LogP contribution is -2.54. The van der Waals surface area contributed by atoms with Crippen LogP contribution in [0.5, 0.6) is 11.6 Å². The Bertz CT molecular complexity index is 1110. The van der Waals surface area contributed by atoms with Gasteiger partial charge >= 0.3 is 0 Å². The summed E-state index contributed by atoms with van der Waals surface area (Å²) in [4.78, 5) is 25.6. The van der Waals surface area contributed by atoms with Gasteiger partial charge in [-0.25, -0.2) is 9.97 Å². The highest BCUT2D eigenvalue weighted by atomic mass is 35.5. The van der Waals surface area contributed by atoms with E-state index in [0.29, 0.717) is 46.9 Å². The van der Waals surface area contributed by atoms with Crippen LogP contribution < -0.4 is 9.64 Å². The molecule has 4 rings (SSSR count). The monoisotopic (exact) mass is 456 g/mol. The molecule has 6 nitrogen and oxygen atoms in total. The summed E-state index contributed by atoms with van der Waals surface area (Å²) in [5.41, 5.74) is 1.46. The van der Waals surface area contributed by atoms with Crippen molar-refractivity contribution in [1.82, 2.24) is 14.9 Å². The lowest BCUT2D eigenvalue weighted by atomic mass is 10.1. The molecule has 0 N–H and O–H groups in total. The summed E-state index contributed by atoms with van der Waals surface area (Å²) in [6.45, 7) is 5.81. The second-order valence-electron chi connectivity index (χ2n) is 7.50. The topological polar surface area (TPSA) is 58.6 Å². The first-order valence-corrected chi connectivity index (χ1v) is 10.7. The molecule has 0 aliphatic carbocycles. The fourth-order valence-corrected chi connectivity index (χ4v) is 3.95. The molecule has 3 aromatic rings. The molecule has 1 fully saturated rings. The van der Waals surface area contributed by atoms with Crippen LogP contribution in [0.3, 0.4) is 0 Å². The maximum absolute atomic E-state index is 13.0. The third kappa shape index (κ3) is 4.75. The quantitative estimate of drug-likeness (QED) is 0.537. The average molecular weight is 457 g/mol. The number of carbonyl (C=O) groups excluding carboxylic acids is 1. The largest absolute Gasteiger partial charge is 0.439 e. The van der Waals surface area contributed by atoms with E-state index in [1.54, 1.807) is 24.3 Å². The van der Waals surface area contributed by atoms with E-state index in [1.165, 1.54) is 6.33 Å². The summed E-state index contributed by atoms with van der Waals surface area (Å²) in [5, 5.41) is 1.16. The van der Waals surface area contributed by atoms with Crippen molar-refractivity contribution in [1.29, 1.82) is 0 Å². The molecule has 0 unspecified atom stereocenters. The number of anilines is 1. The van der Waals surface area contributed by atoms with Gasteiger partial charge in [0, 0.05) is 36.8 Å². The minimum Gasteiger partial charge on any atom is -0.439 e. The predicted molar refractivity (Wildman–Crippen MR) is 122 cm³/mol. The van der Waals surface area contributed by atoms with E-state index < -0.39 is 0 Å². The van der Waals surface area contributed by atoms with Gasteiger partial charge in [-0.15, -0.1) is 0 Å². The number of amides is 1. The van der Waals surface area contributed by atoms with E-state index in [4.69, 9.17) is 27.9 Å². The maximum Gasteiger partial charge on any atom is 0.255 e. The maximum atomic E-state index is 13.0. The smallest absolute Gasteiger partial charge is 0.255 e. The van der Waals surface area contributed by atoms with Gasteiger partial charge in [0.05, 0.1) is 10.6 Å². The number of carbonyl (C=O) groups is 1. The molecule has 1 aliphatic heterocycles. The molecule has 2 heterocycles. The van der Waals surface area contributed by atoms with Gasteiger partial charge in [-0.2, -0.15) is 0 Å². The van der Waals surface area contributed by atoms with E-state index in [-0.39, 0.29) is 11.9 Å². The number of ether oxygens (including phenoxy) is 1. The van der Waals surface area contributed by atoms with E-state index in [2.05, 4.69) is 14.9 Å². The van der Waals surface area contributed by atoms with Crippen molar-refractivity contribution in [3.8, 4) is 11.6 Å². The molecule has 0 spiro atoms. The van der Waals surface area contributed by atoms with Crippen molar-refractivity contribution in [2.75, 3.05) is 24.5 Å². The van der Waals surface area contributed by atoms with Crippen LogP contribution in [0.2, 0.25) is 10.0 Å². The molecule has 0 radical (unpaired) electrons. The lowest BCUT2D eigenvalue weighted by Gasteiger charge is -2.40. The summed E-state index contributed by atoms with van der Waals surface area (Å²) in [7, 11) is 0. The molecule has 1 amide bonds. The van der Waals surface area contributed by atoms with Crippen molar-refractivity contribution < 1.29 is 9.53 Å². The number of hydrogen-bond acceptors (Lipinski definition) is 5. The summed E-state index contributed by atoms with van der Waals surface area (Å²) in [6, 6.07) is 14.4. The van der Waals surface area contributed by atoms with Gasteiger partial charge in [0.15, 0.2) is 0 Å². The van der Waals surface area contributed by atoms with Crippen LogP contribution in [0.4, 0.5) is 5.82 Å². The third-order valence-electron chi connectivity index (χ3n) is 5.30. The van der Waals surface area contributed by atoms with E-state index in [9.17, 15) is 4.79 Å². The fraction of sp³-hybridized carbons (Fsp3) is 0.261. The first-order chi connectivity index (χ1) is 14.9. The van der Waals surface area contributed by atoms with Crippen LogP contribution in [-0.2, 0) is 0 Å². The molecule has 1 aliphatic rings. The highest BCUT2D eigenvalue weighted by Crippen LogP contribution is 2.27. The van der Waals surface area contributed by atoms with Gasteiger partial charge in [-0.05, 0) is 49.7 Å². The van der Waals surface area contributed by atoms with Gasteiger partial charge in [0.25, 0.3) is 5.91 Å². The van der Waals surface area contributed by atoms with Gasteiger partial charge in [-0.3, -0.25) is 4.79 Å². The van der Waals surface area contributed by atoms with Crippen molar-refractivity contribution in [3.05, 3.63) is 76.0 Å². The van der Waals surface area contributed by atoms with Gasteiger partial charge < -0.3 is 14.5 Å². The van der Waals surface area contributed by atoms with Crippen LogP contribution in [-0.4, -0.2) is 46.5 Å². The summed E-state index contributed by atoms with van der Waals surface area (Å²) in [5.74, 6) is 1.82. The molecule has 1 aromatic heterocycles. The molecule has 160 valence electrons. The number of nitrogens with zero attached hydrogens (tertiary/aromatic N) is 4. The zero-order valence-corrected chi connectivity index (χ0v) is 18.8. The third-order valence-corrected chi connectivity index (χ3v) is 6.05. The Morgan fingerprint density at radius 1 is 1.06 bits per heavy atom. The SMILES string of the molecule is Cc1cc(Oc2cc(N3CCN(C(=O)c4ccccc4Cl)[C@@H](C)C3)ncn2)ccc1Cl. The second-order valence-corrected chi connectivity index (χ2v) is 8.32. The molecule has 1 atom stereocenters. The minimum absolute atomic E-state index is 0.00392. The van der Waals surface area contributed by atoms with Gasteiger partial charge in [0.2, 0.25) is 5.88 Å². The molecule has 0 bridgehead atoms. The van der Waals surface area contributed by atoms with Crippen LogP contribution in [0.25, 0.3) is 0 Å². The number of piperazine rings is 1. The number of aromatic nitrogens is 2. The number of rotatable bonds is 4. The van der Waals surface area contributed by atoms with Gasteiger partial charge in [-0.1, -0.05) is 35.3 Å². The Kier molecular flexibility index (Phi) is 6.30. The van der Waals surface area contributed by atoms with Crippen LogP contribution in [0.1, 0.15) is 22.8 Å². The molecule has 0 saturated carbocycles. The van der Waals surface area contributed by atoms with E-state index in [1.807, 2.05) is 43.0 Å². The Balaban J connectivity index is 1.45. The first kappa shape index (κ1) is 21.4. The molecule has 2 aromatic carbocycles. The first-order valence-electron chi connectivity index (χ1n) is 9.99. The Hall–Kier alpha value is -2.83. The number of hydrogen-bond donors (Lipinski definition) is 0. The van der Waals surface area contributed by atoms with Crippen molar-refractivity contribution in [3.63, 3.8) is 0 Å². The Morgan fingerprint density at radius 2 is 1.87 bits per heavy atom. The summed E-state index contributed by atoms with van der Waals surface area (Å²) < 4.78 is 5.89. The molecule has 8 heteroatoms. The Morgan fingerprint density at radius 3 is 2.61 bits per heavy atom. The van der Waals surface area contributed by atoms with Crippen LogP contribution in [0.15, 0.2) is 54.9 Å². The van der Waals surface area contributed by atoms with Crippen LogP contribution >= 0.6 is 23.2 Å². The predicted octanol–water partition coefficient (Wildman–Crippen LogP) is 5.24. The fourth-order valence-electron chi connectivity index (χ4n) is 3.62. The minimum atomic E-state index is -0.0532. The molecule has 1 saturated heterocycles. The lowest BCUT2D eigenvalue weighted by molar-refractivity contribution is 0.0674. The Labute approximate surface area is 191 Å². The van der Waals surface area contributed by atoms with E-state index in [0.717, 1.165) is 11.4 Å². The van der Waals surface area contributed by atoms with Crippen LogP contribution in [0, 0.1) is 6.92 Å². The number of halogens is 2. The molecular formula is C23H22Cl2N4O2. The summed E-state index contributed by atoms with van der Waals surface area (Å²) >= 11 is 12.3.